The fourth-order valence-corrected chi connectivity index (χ4v) is 1.82. The first-order valence-electron chi connectivity index (χ1n) is 7.76. The highest BCUT2D eigenvalue weighted by molar-refractivity contribution is 5.79. The summed E-state index contributed by atoms with van der Waals surface area (Å²) in [4.78, 5) is 4.57. The highest BCUT2D eigenvalue weighted by Gasteiger charge is 2.07. The van der Waals surface area contributed by atoms with Gasteiger partial charge in [0.2, 0.25) is 0 Å². The summed E-state index contributed by atoms with van der Waals surface area (Å²) in [6.45, 7) is 12.9. The molecule has 1 rings (SSSR count). The van der Waals surface area contributed by atoms with Gasteiger partial charge in [-0.25, -0.2) is 0 Å². The third-order valence-corrected chi connectivity index (χ3v) is 2.79. The molecular weight excluding hydrogens is 264 g/mol. The Morgan fingerprint density at radius 2 is 2.05 bits per heavy atom. The second kappa shape index (κ2) is 9.39. The topological polar surface area (TPSA) is 66.3 Å². The first kappa shape index (κ1) is 17.5. The Hall–Kier alpha value is -1.56. The van der Waals surface area contributed by atoms with Crippen LogP contribution in [0.25, 0.3) is 0 Å². The summed E-state index contributed by atoms with van der Waals surface area (Å²) >= 11 is 0. The quantitative estimate of drug-likeness (QED) is 0.383. The van der Waals surface area contributed by atoms with Gasteiger partial charge in [-0.2, -0.15) is 5.10 Å². The van der Waals surface area contributed by atoms with Crippen LogP contribution in [0.5, 0.6) is 0 Å². The van der Waals surface area contributed by atoms with Crippen molar-refractivity contribution < 1.29 is 0 Å². The number of hydrogen-bond acceptors (Lipinski definition) is 3. The van der Waals surface area contributed by atoms with Crippen molar-refractivity contribution in [3.05, 3.63) is 18.5 Å². The van der Waals surface area contributed by atoms with Gasteiger partial charge in [0.25, 0.3) is 0 Å². The van der Waals surface area contributed by atoms with E-state index < -0.39 is 0 Å². The first-order chi connectivity index (χ1) is 10.0. The number of aryl methyl sites for hydroxylation is 1. The lowest BCUT2D eigenvalue weighted by atomic mass is 10.1. The molecule has 1 heterocycles. The Morgan fingerprint density at radius 3 is 2.67 bits per heavy atom. The highest BCUT2D eigenvalue weighted by Crippen LogP contribution is 1.96. The molecule has 0 aliphatic carbocycles. The molecule has 0 bridgehead atoms. The van der Waals surface area contributed by atoms with Crippen molar-refractivity contribution in [2.24, 2.45) is 4.99 Å². The molecule has 0 amide bonds. The monoisotopic (exact) mass is 294 g/mol. The lowest BCUT2D eigenvalue weighted by Gasteiger charge is -2.21. The molecule has 21 heavy (non-hydrogen) atoms. The zero-order valence-corrected chi connectivity index (χ0v) is 13.8. The third kappa shape index (κ3) is 9.07. The molecular formula is C15H30N6. The van der Waals surface area contributed by atoms with Crippen LogP contribution in [-0.2, 0) is 6.54 Å². The lowest BCUT2D eigenvalue weighted by molar-refractivity contribution is 0.428. The Kier molecular flexibility index (Phi) is 7.82. The van der Waals surface area contributed by atoms with Gasteiger partial charge in [-0.15, -0.1) is 0 Å². The summed E-state index contributed by atoms with van der Waals surface area (Å²) in [6.07, 6.45) is 4.76. The second-order valence-corrected chi connectivity index (χ2v) is 5.99. The molecule has 0 saturated heterocycles. The van der Waals surface area contributed by atoms with E-state index in [9.17, 15) is 0 Å². The molecule has 120 valence electrons. The second-order valence-electron chi connectivity index (χ2n) is 5.99. The SMILES string of the molecule is CCNC(=NCCCn1cccn1)NCCNC(C)(C)C. The summed E-state index contributed by atoms with van der Waals surface area (Å²) in [5, 5.41) is 14.2. The highest BCUT2D eigenvalue weighted by atomic mass is 15.3. The van der Waals surface area contributed by atoms with Crippen LogP contribution in [0.2, 0.25) is 0 Å². The summed E-state index contributed by atoms with van der Waals surface area (Å²) in [5.41, 5.74) is 0.154. The molecule has 0 fully saturated rings. The van der Waals surface area contributed by atoms with Crippen molar-refractivity contribution in [1.82, 2.24) is 25.7 Å². The maximum absolute atomic E-state index is 4.57. The number of aromatic nitrogens is 2. The normalized spacial score (nSPS) is 12.5. The van der Waals surface area contributed by atoms with Crippen LogP contribution >= 0.6 is 0 Å². The van der Waals surface area contributed by atoms with Crippen molar-refractivity contribution >= 4 is 5.96 Å². The zero-order chi connectivity index (χ0) is 15.6. The van der Waals surface area contributed by atoms with Gasteiger partial charge in [-0.1, -0.05) is 0 Å². The van der Waals surface area contributed by atoms with Crippen molar-refractivity contribution in [1.29, 1.82) is 0 Å². The minimum Gasteiger partial charge on any atom is -0.357 e. The number of hydrogen-bond donors (Lipinski definition) is 3. The minimum atomic E-state index is 0.154. The predicted molar refractivity (Wildman–Crippen MR) is 88.6 cm³/mol. The molecule has 6 heteroatoms. The van der Waals surface area contributed by atoms with Gasteiger partial charge in [-0.05, 0) is 40.2 Å². The molecule has 1 aromatic heterocycles. The van der Waals surface area contributed by atoms with E-state index in [0.29, 0.717) is 0 Å². The lowest BCUT2D eigenvalue weighted by Crippen LogP contribution is -2.44. The third-order valence-electron chi connectivity index (χ3n) is 2.79. The Labute approximate surface area is 128 Å². The molecule has 0 aliphatic heterocycles. The molecule has 0 spiro atoms. The maximum Gasteiger partial charge on any atom is 0.191 e. The van der Waals surface area contributed by atoms with Crippen LogP contribution in [0.3, 0.4) is 0 Å². The number of aliphatic imine (C=N–C) groups is 1. The number of nitrogens with one attached hydrogen (secondary N) is 3. The van der Waals surface area contributed by atoms with Crippen LogP contribution in [0.1, 0.15) is 34.1 Å². The molecule has 0 atom stereocenters. The standard InChI is InChI=1S/C15H30N6/c1-5-16-14(18-10-11-19-15(2,3)4)17-8-6-12-21-13-7-9-20-21/h7,9,13,19H,5-6,8,10-12H2,1-4H3,(H2,16,17,18). The maximum atomic E-state index is 4.57. The van der Waals surface area contributed by atoms with E-state index in [1.165, 1.54) is 0 Å². The fraction of sp³-hybridized carbons (Fsp3) is 0.733. The molecule has 6 nitrogen and oxygen atoms in total. The van der Waals surface area contributed by atoms with E-state index in [2.05, 4.69) is 53.7 Å². The molecule has 0 radical (unpaired) electrons. The largest absolute Gasteiger partial charge is 0.357 e. The van der Waals surface area contributed by atoms with Gasteiger partial charge in [0.15, 0.2) is 5.96 Å². The van der Waals surface area contributed by atoms with E-state index in [-0.39, 0.29) is 5.54 Å². The molecule has 0 saturated carbocycles. The summed E-state index contributed by atoms with van der Waals surface area (Å²) in [6, 6.07) is 1.94. The van der Waals surface area contributed by atoms with Crippen LogP contribution in [0, 0.1) is 0 Å². The molecule has 0 unspecified atom stereocenters. The van der Waals surface area contributed by atoms with Crippen molar-refractivity contribution in [3.63, 3.8) is 0 Å². The van der Waals surface area contributed by atoms with Gasteiger partial charge >= 0.3 is 0 Å². The minimum absolute atomic E-state index is 0.154. The van der Waals surface area contributed by atoms with Gasteiger partial charge in [0, 0.05) is 50.7 Å². The predicted octanol–water partition coefficient (Wildman–Crippen LogP) is 1.22. The summed E-state index contributed by atoms with van der Waals surface area (Å²) in [5.74, 6) is 0.883. The Morgan fingerprint density at radius 1 is 1.24 bits per heavy atom. The van der Waals surface area contributed by atoms with Gasteiger partial charge < -0.3 is 16.0 Å². The molecule has 0 aliphatic rings. The molecule has 0 aromatic carbocycles. The van der Waals surface area contributed by atoms with E-state index in [0.717, 1.165) is 45.1 Å². The average Bonchev–Trinajstić information content (AvgIpc) is 2.91. The van der Waals surface area contributed by atoms with E-state index in [1.54, 1.807) is 6.20 Å². The molecule has 3 N–H and O–H groups in total. The number of nitrogens with zero attached hydrogens (tertiary/aromatic N) is 3. The van der Waals surface area contributed by atoms with Crippen molar-refractivity contribution in [2.75, 3.05) is 26.2 Å². The van der Waals surface area contributed by atoms with E-state index in [1.807, 2.05) is 16.9 Å². The van der Waals surface area contributed by atoms with Crippen LogP contribution in [0.4, 0.5) is 0 Å². The van der Waals surface area contributed by atoms with Gasteiger partial charge in [0.1, 0.15) is 0 Å². The first-order valence-corrected chi connectivity index (χ1v) is 7.76. The smallest absolute Gasteiger partial charge is 0.191 e. The van der Waals surface area contributed by atoms with Crippen LogP contribution in [0.15, 0.2) is 23.5 Å². The van der Waals surface area contributed by atoms with E-state index in [4.69, 9.17) is 0 Å². The van der Waals surface area contributed by atoms with E-state index >= 15 is 0 Å². The van der Waals surface area contributed by atoms with Crippen LogP contribution < -0.4 is 16.0 Å². The van der Waals surface area contributed by atoms with Crippen molar-refractivity contribution in [2.45, 2.75) is 46.2 Å². The van der Waals surface area contributed by atoms with Crippen molar-refractivity contribution in [3.8, 4) is 0 Å². The number of rotatable bonds is 8. The summed E-state index contributed by atoms with van der Waals surface area (Å²) < 4.78 is 1.93. The van der Waals surface area contributed by atoms with Gasteiger partial charge in [0.05, 0.1) is 0 Å². The fourth-order valence-electron chi connectivity index (χ4n) is 1.82. The summed E-state index contributed by atoms with van der Waals surface area (Å²) in [7, 11) is 0. The Bertz CT molecular complexity index is 391. The van der Waals surface area contributed by atoms with Gasteiger partial charge in [-0.3, -0.25) is 9.67 Å². The average molecular weight is 294 g/mol. The van der Waals surface area contributed by atoms with Crippen LogP contribution in [-0.4, -0.2) is 47.5 Å². The molecule has 1 aromatic rings. The zero-order valence-electron chi connectivity index (χ0n) is 13.8. The number of guanidine groups is 1. The Balaban J connectivity index is 2.22.